The number of carbonyl (C=O) groups is 1. The molecule has 1 aromatic heterocycles. The van der Waals surface area contributed by atoms with Gasteiger partial charge in [0, 0.05) is 24.0 Å². The van der Waals surface area contributed by atoms with E-state index < -0.39 is 16.1 Å². The third kappa shape index (κ3) is 3.11. The van der Waals surface area contributed by atoms with Crippen molar-refractivity contribution >= 4 is 27.0 Å². The van der Waals surface area contributed by atoms with Crippen molar-refractivity contribution in [2.45, 2.75) is 33.1 Å². The van der Waals surface area contributed by atoms with Gasteiger partial charge in [-0.05, 0) is 44.4 Å². The molecule has 2 aromatic rings. The Labute approximate surface area is 136 Å². The van der Waals surface area contributed by atoms with E-state index in [0.717, 1.165) is 41.3 Å². The summed E-state index contributed by atoms with van der Waals surface area (Å²) in [5, 5.41) is 0.936. The van der Waals surface area contributed by atoms with E-state index >= 15 is 0 Å². The molecule has 1 saturated heterocycles. The number of benzene rings is 1. The number of fused-ring (bicyclic) bond motifs is 1. The van der Waals surface area contributed by atoms with Gasteiger partial charge in [-0.2, -0.15) is 12.7 Å². The Kier molecular flexibility index (Phi) is 4.16. The standard InChI is InChI=1S/C16H21N3O3S/c1-11-6-7-14-13(10-11)12(2)15(17-14)16(20)18-23(21,22)19-8-4-3-5-9-19/h6-7,10,17H,3-5,8-9H2,1-2H3,(H,18,20). The van der Waals surface area contributed by atoms with Gasteiger partial charge >= 0.3 is 10.2 Å². The average molecular weight is 335 g/mol. The maximum atomic E-state index is 12.4. The van der Waals surface area contributed by atoms with Gasteiger partial charge < -0.3 is 4.98 Å². The first-order valence-electron chi connectivity index (χ1n) is 7.79. The second-order valence-electron chi connectivity index (χ2n) is 6.07. The van der Waals surface area contributed by atoms with Crippen LogP contribution in [-0.4, -0.2) is 36.7 Å². The lowest BCUT2D eigenvalue weighted by atomic mass is 10.1. The Morgan fingerprint density at radius 3 is 2.57 bits per heavy atom. The minimum atomic E-state index is -3.78. The molecule has 3 rings (SSSR count). The van der Waals surface area contributed by atoms with E-state index in [-0.39, 0.29) is 0 Å². The maximum Gasteiger partial charge on any atom is 0.304 e. The highest BCUT2D eigenvalue weighted by Gasteiger charge is 2.27. The predicted octanol–water partition coefficient (Wildman–Crippen LogP) is 2.25. The first-order chi connectivity index (χ1) is 10.9. The Morgan fingerprint density at radius 2 is 1.87 bits per heavy atom. The maximum absolute atomic E-state index is 12.4. The molecule has 6 nitrogen and oxygen atoms in total. The van der Waals surface area contributed by atoms with Crippen molar-refractivity contribution in [2.24, 2.45) is 0 Å². The summed E-state index contributed by atoms with van der Waals surface area (Å²) < 4.78 is 28.2. The number of hydrogen-bond acceptors (Lipinski definition) is 3. The summed E-state index contributed by atoms with van der Waals surface area (Å²) in [5.41, 5.74) is 2.97. The third-order valence-corrected chi connectivity index (χ3v) is 5.81. The third-order valence-electron chi connectivity index (χ3n) is 4.32. The van der Waals surface area contributed by atoms with Gasteiger partial charge in [-0.15, -0.1) is 0 Å². The molecule has 0 unspecified atom stereocenters. The van der Waals surface area contributed by atoms with Crippen molar-refractivity contribution in [2.75, 3.05) is 13.1 Å². The van der Waals surface area contributed by atoms with Crippen LogP contribution in [0.3, 0.4) is 0 Å². The highest BCUT2D eigenvalue weighted by Crippen LogP contribution is 2.23. The number of aromatic amines is 1. The SMILES string of the molecule is Cc1ccc2[nH]c(C(=O)NS(=O)(=O)N3CCCCC3)c(C)c2c1. The minimum Gasteiger partial charge on any atom is -0.350 e. The summed E-state index contributed by atoms with van der Waals surface area (Å²) >= 11 is 0. The van der Waals surface area contributed by atoms with Crippen molar-refractivity contribution in [3.05, 3.63) is 35.0 Å². The van der Waals surface area contributed by atoms with Crippen LogP contribution in [0.25, 0.3) is 10.9 Å². The van der Waals surface area contributed by atoms with Crippen molar-refractivity contribution in [1.82, 2.24) is 14.0 Å². The number of aryl methyl sites for hydroxylation is 2. The van der Waals surface area contributed by atoms with Gasteiger partial charge in [-0.1, -0.05) is 18.1 Å². The number of hydrogen-bond donors (Lipinski definition) is 2. The first kappa shape index (κ1) is 16.0. The fourth-order valence-electron chi connectivity index (χ4n) is 3.01. The van der Waals surface area contributed by atoms with E-state index in [0.29, 0.717) is 18.8 Å². The van der Waals surface area contributed by atoms with E-state index in [1.165, 1.54) is 4.31 Å². The van der Waals surface area contributed by atoms with Crippen LogP contribution in [0.4, 0.5) is 0 Å². The molecule has 1 amide bonds. The summed E-state index contributed by atoms with van der Waals surface area (Å²) in [4.78, 5) is 15.5. The molecule has 0 saturated carbocycles. The van der Waals surface area contributed by atoms with Crippen LogP contribution in [-0.2, 0) is 10.2 Å². The van der Waals surface area contributed by atoms with Crippen molar-refractivity contribution in [3.63, 3.8) is 0 Å². The molecule has 2 N–H and O–H groups in total. The van der Waals surface area contributed by atoms with Crippen LogP contribution in [0.15, 0.2) is 18.2 Å². The summed E-state index contributed by atoms with van der Waals surface area (Å²) in [5.74, 6) is -0.609. The highest BCUT2D eigenvalue weighted by molar-refractivity contribution is 7.87. The van der Waals surface area contributed by atoms with Crippen LogP contribution in [0.1, 0.15) is 40.9 Å². The summed E-state index contributed by atoms with van der Waals surface area (Å²) in [6.45, 7) is 4.73. The van der Waals surface area contributed by atoms with Gasteiger partial charge in [-0.3, -0.25) is 4.79 Å². The van der Waals surface area contributed by atoms with Gasteiger partial charge in [0.25, 0.3) is 5.91 Å². The number of carbonyl (C=O) groups excluding carboxylic acids is 1. The number of nitrogens with zero attached hydrogens (tertiary/aromatic N) is 1. The van der Waals surface area contributed by atoms with Gasteiger partial charge in [-0.25, -0.2) is 4.72 Å². The number of nitrogens with one attached hydrogen (secondary N) is 2. The molecule has 0 atom stereocenters. The summed E-state index contributed by atoms with van der Waals surface area (Å²) in [6, 6.07) is 5.83. The molecule has 23 heavy (non-hydrogen) atoms. The van der Waals surface area contributed by atoms with Crippen LogP contribution in [0.5, 0.6) is 0 Å². The molecule has 2 heterocycles. The lowest BCUT2D eigenvalue weighted by Gasteiger charge is -2.25. The molecule has 0 radical (unpaired) electrons. The van der Waals surface area contributed by atoms with Crippen LogP contribution in [0.2, 0.25) is 0 Å². The summed E-state index contributed by atoms with van der Waals surface area (Å²) in [7, 11) is -3.78. The number of rotatable bonds is 3. The molecule has 7 heteroatoms. The zero-order chi connectivity index (χ0) is 16.6. The van der Waals surface area contributed by atoms with Crippen molar-refractivity contribution in [3.8, 4) is 0 Å². The molecular weight excluding hydrogens is 314 g/mol. The Morgan fingerprint density at radius 1 is 1.17 bits per heavy atom. The Hall–Kier alpha value is -1.86. The lowest BCUT2D eigenvalue weighted by molar-refractivity contribution is 0.0974. The second-order valence-corrected chi connectivity index (χ2v) is 7.74. The zero-order valence-corrected chi connectivity index (χ0v) is 14.2. The molecule has 1 aliphatic heterocycles. The lowest BCUT2D eigenvalue weighted by Crippen LogP contribution is -2.45. The van der Waals surface area contributed by atoms with Crippen LogP contribution in [0, 0.1) is 13.8 Å². The monoisotopic (exact) mass is 335 g/mol. The summed E-state index contributed by atoms with van der Waals surface area (Å²) in [6.07, 6.45) is 2.69. The smallest absolute Gasteiger partial charge is 0.304 e. The second kappa shape index (κ2) is 5.98. The predicted molar refractivity (Wildman–Crippen MR) is 89.6 cm³/mol. The molecular formula is C16H21N3O3S. The average Bonchev–Trinajstić information content (AvgIpc) is 2.85. The number of H-pyrrole nitrogens is 1. The number of amides is 1. The molecule has 0 spiro atoms. The normalized spacial score (nSPS) is 16.6. The van der Waals surface area contributed by atoms with E-state index in [1.54, 1.807) is 0 Å². The molecule has 1 aliphatic rings. The molecule has 1 fully saturated rings. The number of aromatic nitrogens is 1. The highest BCUT2D eigenvalue weighted by atomic mass is 32.2. The quantitative estimate of drug-likeness (QED) is 0.902. The van der Waals surface area contributed by atoms with Gasteiger partial charge in [0.05, 0.1) is 0 Å². The van der Waals surface area contributed by atoms with Crippen molar-refractivity contribution in [1.29, 1.82) is 0 Å². The van der Waals surface area contributed by atoms with E-state index in [1.807, 2.05) is 32.0 Å². The van der Waals surface area contributed by atoms with E-state index in [9.17, 15) is 13.2 Å². The van der Waals surface area contributed by atoms with E-state index in [2.05, 4.69) is 9.71 Å². The Bertz CT molecular complexity index is 849. The zero-order valence-electron chi connectivity index (χ0n) is 13.3. The molecule has 0 bridgehead atoms. The van der Waals surface area contributed by atoms with Gasteiger partial charge in [0.1, 0.15) is 5.69 Å². The topological polar surface area (TPSA) is 82.3 Å². The molecule has 1 aromatic carbocycles. The fraction of sp³-hybridized carbons (Fsp3) is 0.438. The van der Waals surface area contributed by atoms with Crippen LogP contribution >= 0.6 is 0 Å². The van der Waals surface area contributed by atoms with Crippen molar-refractivity contribution < 1.29 is 13.2 Å². The molecule has 0 aliphatic carbocycles. The van der Waals surface area contributed by atoms with Gasteiger partial charge in [0.2, 0.25) is 0 Å². The first-order valence-corrected chi connectivity index (χ1v) is 9.23. The minimum absolute atomic E-state index is 0.297. The van der Waals surface area contributed by atoms with E-state index in [4.69, 9.17) is 0 Å². The Balaban J connectivity index is 1.87. The fourth-order valence-corrected chi connectivity index (χ4v) is 4.21. The molecule has 124 valence electrons. The number of piperidine rings is 1. The largest absolute Gasteiger partial charge is 0.350 e. The van der Waals surface area contributed by atoms with Crippen LogP contribution < -0.4 is 4.72 Å². The van der Waals surface area contributed by atoms with Gasteiger partial charge in [0.15, 0.2) is 0 Å².